The molecule has 0 spiro atoms. The van der Waals surface area contributed by atoms with Crippen LogP contribution in [0.1, 0.15) is 141 Å². The van der Waals surface area contributed by atoms with Crippen LogP contribution < -0.4 is 4.90 Å². The van der Waals surface area contributed by atoms with Crippen molar-refractivity contribution >= 4 is 48.9 Å². The topological polar surface area (TPSA) is 42.2 Å². The number of nitrogens with zero attached hydrogens (tertiary/aromatic N) is 3. The Bertz CT molecular complexity index is 1850. The zero-order valence-electron chi connectivity index (χ0n) is 32.5. The maximum atomic E-state index is 6.22. The number of aromatic nitrogens is 2. The second kappa shape index (κ2) is 17.9. The quantitative estimate of drug-likeness (QED) is 0.0875. The summed E-state index contributed by atoms with van der Waals surface area (Å²) < 4.78 is 8.50. The summed E-state index contributed by atoms with van der Waals surface area (Å²) >= 11 is 7.82. The average Bonchev–Trinajstić information content (AvgIpc) is 3.65. The fourth-order valence-corrected chi connectivity index (χ4v) is 8.85. The maximum Gasteiger partial charge on any atom is 0.248 e. The zero-order chi connectivity index (χ0) is 37.4. The lowest BCUT2D eigenvalue weighted by Gasteiger charge is -2.46. The Morgan fingerprint density at radius 1 is 0.566 bits per heavy atom. The molecule has 0 N–H and O–H groups in total. The minimum absolute atomic E-state index is 0.0601. The first kappa shape index (κ1) is 39.5. The Morgan fingerprint density at radius 2 is 1.00 bits per heavy atom. The van der Waals surface area contributed by atoms with Crippen LogP contribution >= 0.6 is 31.9 Å². The van der Waals surface area contributed by atoms with Gasteiger partial charge in [0, 0.05) is 31.2 Å². The number of hydrogen-bond acceptors (Lipinski definition) is 4. The van der Waals surface area contributed by atoms with Crippen molar-refractivity contribution in [3.05, 3.63) is 111 Å². The van der Waals surface area contributed by atoms with E-state index in [4.69, 9.17) is 4.42 Å². The van der Waals surface area contributed by atoms with Crippen LogP contribution in [0.5, 0.6) is 0 Å². The van der Waals surface area contributed by atoms with Crippen LogP contribution in [0.2, 0.25) is 0 Å². The molecule has 6 rings (SSSR count). The van der Waals surface area contributed by atoms with Gasteiger partial charge < -0.3 is 9.32 Å². The van der Waals surface area contributed by atoms with Gasteiger partial charge in [-0.15, -0.1) is 10.2 Å². The highest BCUT2D eigenvalue weighted by atomic mass is 79.9. The molecule has 0 radical (unpaired) electrons. The van der Waals surface area contributed by atoms with Crippen molar-refractivity contribution < 1.29 is 4.42 Å². The first-order valence-electron chi connectivity index (χ1n) is 20.1. The molecule has 0 atom stereocenters. The highest BCUT2D eigenvalue weighted by Gasteiger charge is 2.43. The molecule has 4 nitrogen and oxygen atoms in total. The van der Waals surface area contributed by atoms with Crippen molar-refractivity contribution in [3.63, 3.8) is 0 Å². The molecule has 6 heteroatoms. The second-order valence-electron chi connectivity index (χ2n) is 16.1. The predicted octanol–water partition coefficient (Wildman–Crippen LogP) is 15.8. The van der Waals surface area contributed by atoms with Crippen LogP contribution in [-0.2, 0) is 10.8 Å². The Kier molecular flexibility index (Phi) is 13.4. The lowest BCUT2D eigenvalue weighted by molar-refractivity contribution is 0.388. The van der Waals surface area contributed by atoms with Gasteiger partial charge in [-0.25, -0.2) is 0 Å². The Hall–Kier alpha value is -3.22. The molecule has 1 aliphatic rings. The van der Waals surface area contributed by atoms with Crippen LogP contribution in [-0.4, -0.2) is 10.2 Å². The van der Waals surface area contributed by atoms with Crippen molar-refractivity contribution in [1.29, 1.82) is 0 Å². The first-order valence-corrected chi connectivity index (χ1v) is 21.7. The molecule has 53 heavy (non-hydrogen) atoms. The third kappa shape index (κ3) is 9.19. The molecule has 0 saturated carbocycles. The SMILES string of the molecule is CCCCCCCCC1(CCCCCCCC)c2cc(Br)ccc2N(c2ccc(-c3nnc(-c4ccc(C(C)(C)C)cc4)o3)cc2)c2ccc(Br)cc21. The first-order chi connectivity index (χ1) is 25.6. The highest BCUT2D eigenvalue weighted by Crippen LogP contribution is 2.57. The number of benzene rings is 4. The molecule has 0 fully saturated rings. The molecule has 280 valence electrons. The van der Waals surface area contributed by atoms with Crippen molar-refractivity contribution in [2.75, 3.05) is 4.90 Å². The summed E-state index contributed by atoms with van der Waals surface area (Å²) in [5.74, 6) is 1.06. The van der Waals surface area contributed by atoms with Crippen molar-refractivity contribution in [2.45, 2.75) is 135 Å². The van der Waals surface area contributed by atoms with E-state index >= 15 is 0 Å². The average molecular weight is 840 g/mol. The summed E-state index contributed by atoms with van der Waals surface area (Å²) in [5.41, 5.74) is 9.66. The van der Waals surface area contributed by atoms with Gasteiger partial charge in [-0.1, -0.05) is 156 Å². The molecule has 0 saturated heterocycles. The van der Waals surface area contributed by atoms with Crippen molar-refractivity contribution in [3.8, 4) is 22.9 Å². The molecule has 5 aromatic rings. The molecule has 0 bridgehead atoms. The summed E-state index contributed by atoms with van der Waals surface area (Å²) in [5, 5.41) is 8.86. The Balaban J connectivity index is 1.34. The molecule has 0 unspecified atom stereocenters. The van der Waals surface area contributed by atoms with Gasteiger partial charge in [0.15, 0.2) is 0 Å². The van der Waals surface area contributed by atoms with Gasteiger partial charge in [0.05, 0.1) is 11.4 Å². The predicted molar refractivity (Wildman–Crippen MR) is 231 cm³/mol. The summed E-state index contributed by atoms with van der Waals surface area (Å²) in [6.07, 6.45) is 17.9. The van der Waals surface area contributed by atoms with Gasteiger partial charge in [-0.3, -0.25) is 0 Å². The third-order valence-electron chi connectivity index (χ3n) is 11.1. The van der Waals surface area contributed by atoms with E-state index in [-0.39, 0.29) is 10.8 Å². The number of unbranched alkanes of at least 4 members (excludes halogenated alkanes) is 10. The smallest absolute Gasteiger partial charge is 0.248 e. The van der Waals surface area contributed by atoms with Crippen molar-refractivity contribution in [1.82, 2.24) is 10.2 Å². The summed E-state index contributed by atoms with van der Waals surface area (Å²) in [6, 6.07) is 31.0. The van der Waals surface area contributed by atoms with Crippen LogP contribution in [0.15, 0.2) is 98.3 Å². The van der Waals surface area contributed by atoms with Gasteiger partial charge in [-0.2, -0.15) is 0 Å². The fraction of sp³-hybridized carbons (Fsp3) is 0.447. The van der Waals surface area contributed by atoms with Crippen LogP contribution in [0.4, 0.5) is 17.1 Å². The molecule has 2 heterocycles. The van der Waals surface area contributed by atoms with Crippen LogP contribution in [0.25, 0.3) is 22.9 Å². The van der Waals surface area contributed by atoms with E-state index in [2.05, 4.69) is 167 Å². The number of fused-ring (bicyclic) bond motifs is 2. The van der Waals surface area contributed by atoms with E-state index in [9.17, 15) is 0 Å². The van der Waals surface area contributed by atoms with Gasteiger partial charge in [0.25, 0.3) is 0 Å². The lowest BCUT2D eigenvalue weighted by Crippen LogP contribution is -2.36. The molecule has 0 aliphatic carbocycles. The number of anilines is 3. The minimum atomic E-state index is -0.0601. The molecular formula is C47H57Br2N3O. The van der Waals surface area contributed by atoms with E-state index in [1.807, 2.05) is 0 Å². The third-order valence-corrected chi connectivity index (χ3v) is 12.1. The number of rotatable bonds is 17. The second-order valence-corrected chi connectivity index (χ2v) is 17.9. The Labute approximate surface area is 335 Å². The Morgan fingerprint density at radius 3 is 1.45 bits per heavy atom. The molecule has 1 aliphatic heterocycles. The van der Waals surface area contributed by atoms with E-state index in [1.54, 1.807) is 0 Å². The monoisotopic (exact) mass is 837 g/mol. The fourth-order valence-electron chi connectivity index (χ4n) is 8.13. The van der Waals surface area contributed by atoms with Crippen LogP contribution in [0.3, 0.4) is 0 Å². The van der Waals surface area contributed by atoms with Crippen LogP contribution in [0, 0.1) is 0 Å². The summed E-state index contributed by atoms with van der Waals surface area (Å²) in [4.78, 5) is 2.46. The zero-order valence-corrected chi connectivity index (χ0v) is 35.7. The number of hydrogen-bond donors (Lipinski definition) is 0. The molecule has 1 aromatic heterocycles. The number of halogens is 2. The minimum Gasteiger partial charge on any atom is -0.416 e. The largest absolute Gasteiger partial charge is 0.416 e. The molecular weight excluding hydrogens is 782 g/mol. The van der Waals surface area contributed by atoms with Gasteiger partial charge in [0.1, 0.15) is 0 Å². The molecule has 0 amide bonds. The van der Waals surface area contributed by atoms with Gasteiger partial charge in [0.2, 0.25) is 11.8 Å². The van der Waals surface area contributed by atoms with E-state index in [0.29, 0.717) is 11.8 Å². The van der Waals surface area contributed by atoms with Gasteiger partial charge >= 0.3 is 0 Å². The molecule has 4 aromatic carbocycles. The summed E-state index contributed by atoms with van der Waals surface area (Å²) in [7, 11) is 0. The van der Waals surface area contributed by atoms with E-state index < -0.39 is 0 Å². The van der Waals surface area contributed by atoms with Gasteiger partial charge in [-0.05, 0) is 108 Å². The summed E-state index contributed by atoms with van der Waals surface area (Å²) in [6.45, 7) is 11.3. The van der Waals surface area contributed by atoms with E-state index in [0.717, 1.165) is 38.6 Å². The lowest BCUT2D eigenvalue weighted by atomic mass is 9.65. The van der Waals surface area contributed by atoms with Crippen molar-refractivity contribution in [2.24, 2.45) is 0 Å². The van der Waals surface area contributed by atoms with E-state index in [1.165, 1.54) is 105 Å². The normalized spacial score (nSPS) is 13.6. The highest BCUT2D eigenvalue weighted by molar-refractivity contribution is 9.10. The standard InChI is InChI=1S/C47H57Br2N3O/c1-6-8-10-12-14-16-30-47(31-17-15-13-11-9-7-2)40-32-37(48)24-28-42(40)52(43-29-25-38(49)33-41(43)47)39-26-20-35(21-27-39)45-51-50-44(53-45)34-18-22-36(23-19-34)46(3,4)5/h18-29,32-33H,6-17,30-31H2,1-5H3. The maximum absolute atomic E-state index is 6.22.